The first kappa shape index (κ1) is 21.2. The molecule has 0 aromatic carbocycles. The third-order valence-corrected chi connectivity index (χ3v) is 6.03. The van der Waals surface area contributed by atoms with Gasteiger partial charge in [0.25, 0.3) is 0 Å². The number of nitrogens with zero attached hydrogens (tertiary/aromatic N) is 2. The summed E-state index contributed by atoms with van der Waals surface area (Å²) in [5, 5.41) is 8.12. The van der Waals surface area contributed by atoms with Crippen molar-refractivity contribution in [1.82, 2.24) is 15.6 Å². The van der Waals surface area contributed by atoms with Crippen LogP contribution >= 0.6 is 11.3 Å². The third-order valence-electron chi connectivity index (χ3n) is 4.96. The number of guanidine groups is 1. The zero-order valence-electron chi connectivity index (χ0n) is 17.3. The van der Waals surface area contributed by atoms with Crippen molar-refractivity contribution in [1.29, 1.82) is 0 Å². The highest BCUT2D eigenvalue weighted by molar-refractivity contribution is 7.11. The van der Waals surface area contributed by atoms with Crippen LogP contribution in [-0.2, 0) is 17.6 Å². The zero-order chi connectivity index (χ0) is 19.2. The van der Waals surface area contributed by atoms with E-state index >= 15 is 0 Å². The minimum atomic E-state index is 0.170. The van der Waals surface area contributed by atoms with Crippen molar-refractivity contribution in [3.05, 3.63) is 15.6 Å². The molecule has 2 unspecified atom stereocenters. The lowest BCUT2D eigenvalue weighted by atomic mass is 9.78. The summed E-state index contributed by atoms with van der Waals surface area (Å²) in [4.78, 5) is 10.4. The fraction of sp³-hybridized carbons (Fsp3) is 0.800. The fourth-order valence-electron chi connectivity index (χ4n) is 3.67. The molecule has 2 atom stereocenters. The Balaban J connectivity index is 1.79. The first-order valence-corrected chi connectivity index (χ1v) is 10.7. The van der Waals surface area contributed by atoms with Crippen LogP contribution in [0.5, 0.6) is 0 Å². The van der Waals surface area contributed by atoms with Gasteiger partial charge in [-0.1, -0.05) is 27.7 Å². The van der Waals surface area contributed by atoms with Crippen LogP contribution in [0.1, 0.15) is 56.1 Å². The van der Waals surface area contributed by atoms with Gasteiger partial charge in [0.15, 0.2) is 5.96 Å². The Hall–Kier alpha value is -1.14. The van der Waals surface area contributed by atoms with Crippen molar-refractivity contribution in [2.45, 2.75) is 66.4 Å². The second kappa shape index (κ2) is 9.70. The summed E-state index contributed by atoms with van der Waals surface area (Å²) >= 11 is 1.81. The van der Waals surface area contributed by atoms with E-state index in [0.717, 1.165) is 44.9 Å². The van der Waals surface area contributed by atoms with E-state index in [9.17, 15) is 0 Å². The Morgan fingerprint density at radius 3 is 2.73 bits per heavy atom. The van der Waals surface area contributed by atoms with Gasteiger partial charge in [0.05, 0.1) is 16.8 Å². The predicted molar refractivity (Wildman–Crippen MR) is 111 cm³/mol. The lowest BCUT2D eigenvalue weighted by molar-refractivity contribution is -0.0835. The smallest absolute Gasteiger partial charge is 0.191 e. The Morgan fingerprint density at radius 2 is 2.12 bits per heavy atom. The summed E-state index contributed by atoms with van der Waals surface area (Å²) in [6.45, 7) is 13.8. The minimum Gasteiger partial charge on any atom is -0.377 e. The maximum Gasteiger partial charge on any atom is 0.191 e. The van der Waals surface area contributed by atoms with Crippen molar-refractivity contribution < 1.29 is 4.74 Å². The number of rotatable bonds is 6. The predicted octanol–water partition coefficient (Wildman–Crippen LogP) is 3.56. The Kier molecular flexibility index (Phi) is 7.89. The monoisotopic (exact) mass is 380 g/mol. The highest BCUT2D eigenvalue weighted by Gasteiger charge is 2.35. The lowest BCUT2D eigenvalue weighted by Gasteiger charge is -2.40. The molecule has 148 valence electrons. The minimum absolute atomic E-state index is 0.170. The molecule has 1 aliphatic heterocycles. The van der Waals surface area contributed by atoms with Crippen molar-refractivity contribution in [2.24, 2.45) is 16.3 Å². The average molecular weight is 381 g/mol. The van der Waals surface area contributed by atoms with Gasteiger partial charge in [-0.25, -0.2) is 4.98 Å². The van der Waals surface area contributed by atoms with E-state index in [4.69, 9.17) is 9.72 Å². The van der Waals surface area contributed by atoms with Gasteiger partial charge in [-0.2, -0.15) is 0 Å². The maximum atomic E-state index is 6.08. The Labute approximate surface area is 163 Å². The number of hydrogen-bond acceptors (Lipinski definition) is 4. The van der Waals surface area contributed by atoms with Crippen LogP contribution in [0.15, 0.2) is 4.99 Å². The summed E-state index contributed by atoms with van der Waals surface area (Å²) < 4.78 is 6.08. The first-order valence-electron chi connectivity index (χ1n) is 9.86. The molecule has 0 spiro atoms. The Bertz CT molecular complexity index is 591. The van der Waals surface area contributed by atoms with Gasteiger partial charge < -0.3 is 15.4 Å². The molecule has 6 heteroatoms. The van der Waals surface area contributed by atoms with E-state index < -0.39 is 0 Å². The quantitative estimate of drug-likeness (QED) is 0.585. The maximum absolute atomic E-state index is 6.08. The van der Waals surface area contributed by atoms with Crippen LogP contribution in [0, 0.1) is 18.3 Å². The van der Waals surface area contributed by atoms with Gasteiger partial charge in [-0.15, -0.1) is 11.3 Å². The molecule has 1 saturated heterocycles. The van der Waals surface area contributed by atoms with Crippen LogP contribution in [0.2, 0.25) is 0 Å². The molecular weight excluding hydrogens is 344 g/mol. The molecule has 2 rings (SSSR count). The van der Waals surface area contributed by atoms with Crippen LogP contribution in [-0.4, -0.2) is 43.8 Å². The van der Waals surface area contributed by atoms with E-state index in [0.29, 0.717) is 12.0 Å². The highest BCUT2D eigenvalue weighted by Crippen LogP contribution is 2.33. The molecule has 1 aromatic heterocycles. The molecule has 2 N–H and O–H groups in total. The molecule has 0 bridgehead atoms. The first-order chi connectivity index (χ1) is 12.3. The molecule has 0 aliphatic carbocycles. The molecular formula is C20H36N4OS. The fourth-order valence-corrected chi connectivity index (χ4v) is 4.69. The van der Waals surface area contributed by atoms with Crippen molar-refractivity contribution in [2.75, 3.05) is 26.7 Å². The average Bonchev–Trinajstić information content (AvgIpc) is 2.97. The van der Waals surface area contributed by atoms with Crippen LogP contribution < -0.4 is 10.6 Å². The molecule has 0 radical (unpaired) electrons. The number of nitrogens with one attached hydrogen (secondary N) is 2. The number of ether oxygens (including phenoxy) is 1. The van der Waals surface area contributed by atoms with Gasteiger partial charge in [0.1, 0.15) is 0 Å². The van der Waals surface area contributed by atoms with E-state index in [2.05, 4.69) is 50.2 Å². The van der Waals surface area contributed by atoms with Gasteiger partial charge in [0.2, 0.25) is 0 Å². The molecule has 1 aromatic rings. The normalized spacial score (nSPS) is 21.7. The molecule has 1 aliphatic rings. The van der Waals surface area contributed by atoms with Crippen LogP contribution in [0.4, 0.5) is 0 Å². The summed E-state index contributed by atoms with van der Waals surface area (Å²) in [6.07, 6.45) is 4.60. The topological polar surface area (TPSA) is 58.5 Å². The van der Waals surface area contributed by atoms with E-state index in [-0.39, 0.29) is 5.41 Å². The standard InChI is InChI=1S/C20H36N4OS/c1-7-16-14(2)26-17(24-16)10-11-22-19(21-6)23-13-15-9-8-12-25-18(15)20(3,4)5/h15,18H,7-13H2,1-6H3,(H2,21,22,23). The number of aromatic nitrogens is 1. The molecule has 26 heavy (non-hydrogen) atoms. The second-order valence-electron chi connectivity index (χ2n) is 8.15. The summed E-state index contributed by atoms with van der Waals surface area (Å²) in [5.74, 6) is 1.39. The van der Waals surface area contributed by atoms with Crippen molar-refractivity contribution >= 4 is 17.3 Å². The summed E-state index contributed by atoms with van der Waals surface area (Å²) in [5.41, 5.74) is 1.40. The lowest BCUT2D eigenvalue weighted by Crippen LogP contribution is -2.47. The Morgan fingerprint density at radius 1 is 1.35 bits per heavy atom. The molecule has 1 fully saturated rings. The number of aryl methyl sites for hydroxylation is 2. The van der Waals surface area contributed by atoms with Gasteiger partial charge in [0, 0.05) is 44.0 Å². The zero-order valence-corrected chi connectivity index (χ0v) is 18.1. The number of hydrogen-bond donors (Lipinski definition) is 2. The van der Waals surface area contributed by atoms with Gasteiger partial charge in [-0.3, -0.25) is 4.99 Å². The second-order valence-corrected chi connectivity index (χ2v) is 9.44. The van der Waals surface area contributed by atoms with Gasteiger partial charge in [-0.05, 0) is 31.6 Å². The molecule has 2 heterocycles. The van der Waals surface area contributed by atoms with Crippen LogP contribution in [0.25, 0.3) is 0 Å². The molecule has 0 amide bonds. The number of aliphatic imine (C=N–C) groups is 1. The van der Waals surface area contributed by atoms with E-state index in [1.54, 1.807) is 0 Å². The van der Waals surface area contributed by atoms with E-state index in [1.807, 2.05) is 18.4 Å². The van der Waals surface area contributed by atoms with Gasteiger partial charge >= 0.3 is 0 Å². The van der Waals surface area contributed by atoms with Crippen LogP contribution in [0.3, 0.4) is 0 Å². The van der Waals surface area contributed by atoms with E-state index in [1.165, 1.54) is 22.0 Å². The van der Waals surface area contributed by atoms with Crippen molar-refractivity contribution in [3.8, 4) is 0 Å². The molecule has 0 saturated carbocycles. The molecule has 5 nitrogen and oxygen atoms in total. The number of thiazole rings is 1. The van der Waals surface area contributed by atoms with Crippen molar-refractivity contribution in [3.63, 3.8) is 0 Å². The highest BCUT2D eigenvalue weighted by atomic mass is 32.1. The third kappa shape index (κ3) is 5.95. The SMILES string of the molecule is CCc1nc(CCNC(=NC)NCC2CCCOC2C(C)(C)C)sc1C. The summed E-state index contributed by atoms with van der Waals surface area (Å²) in [7, 11) is 1.83. The largest absolute Gasteiger partial charge is 0.377 e. The summed E-state index contributed by atoms with van der Waals surface area (Å²) in [6, 6.07) is 0.